The average molecular weight is 434 g/mol. The van der Waals surface area contributed by atoms with Crippen LogP contribution in [-0.4, -0.2) is 65.1 Å². The van der Waals surface area contributed by atoms with E-state index in [-0.39, 0.29) is 24.5 Å². The molecular weight excluding hydrogens is 416 g/mol. The van der Waals surface area contributed by atoms with Crippen LogP contribution in [0.3, 0.4) is 0 Å². The molecular formula is C19H18N2O8S. The molecule has 30 heavy (non-hydrogen) atoms. The van der Waals surface area contributed by atoms with Crippen molar-refractivity contribution in [3.8, 4) is 5.75 Å². The van der Waals surface area contributed by atoms with E-state index in [9.17, 15) is 14.4 Å². The van der Waals surface area contributed by atoms with Gasteiger partial charge in [-0.15, -0.1) is 5.10 Å². The molecule has 4 atom stereocenters. The maximum Gasteiger partial charge on any atom is 0.352 e. The van der Waals surface area contributed by atoms with Gasteiger partial charge in [0.05, 0.1) is 18.9 Å². The minimum Gasteiger partial charge on any atom is -0.453 e. The first-order chi connectivity index (χ1) is 14.4. The zero-order valence-corrected chi connectivity index (χ0v) is 16.9. The number of para-hydroxylation sites is 1. The van der Waals surface area contributed by atoms with Gasteiger partial charge in [0, 0.05) is 6.92 Å². The van der Waals surface area contributed by atoms with Crippen molar-refractivity contribution in [2.75, 3.05) is 13.2 Å². The molecule has 0 N–H and O–H groups in total. The van der Waals surface area contributed by atoms with Gasteiger partial charge in [0.25, 0.3) is 0 Å². The van der Waals surface area contributed by atoms with Crippen molar-refractivity contribution in [2.24, 2.45) is 0 Å². The summed E-state index contributed by atoms with van der Waals surface area (Å²) in [5.41, 5.74) is 0.608. The van der Waals surface area contributed by atoms with E-state index >= 15 is 0 Å². The highest BCUT2D eigenvalue weighted by molar-refractivity contribution is 7.07. The van der Waals surface area contributed by atoms with Crippen LogP contribution < -0.4 is 4.74 Å². The first-order valence-corrected chi connectivity index (χ1v) is 9.93. The van der Waals surface area contributed by atoms with Crippen molar-refractivity contribution in [1.29, 1.82) is 0 Å². The number of aromatic nitrogens is 2. The van der Waals surface area contributed by atoms with E-state index in [4.69, 9.17) is 23.7 Å². The highest BCUT2D eigenvalue weighted by Crippen LogP contribution is 2.32. The number of esters is 3. The van der Waals surface area contributed by atoms with E-state index in [1.807, 2.05) is 0 Å². The summed E-state index contributed by atoms with van der Waals surface area (Å²) in [7, 11) is 0. The molecule has 0 bridgehead atoms. The Hall–Kier alpha value is -2.89. The molecule has 10 nitrogen and oxygen atoms in total. The zero-order valence-electron chi connectivity index (χ0n) is 16.1. The quantitative estimate of drug-likeness (QED) is 0.503. The molecule has 1 aromatic carbocycles. The maximum atomic E-state index is 12.6. The number of carbonyl (C=O) groups excluding carboxylic acids is 3. The summed E-state index contributed by atoms with van der Waals surface area (Å²) in [6.07, 6.45) is -2.46. The Morgan fingerprint density at radius 1 is 1.03 bits per heavy atom. The molecule has 11 heteroatoms. The lowest BCUT2D eigenvalue weighted by Gasteiger charge is -2.17. The molecule has 0 saturated carbocycles. The number of benzene rings is 1. The van der Waals surface area contributed by atoms with Crippen LogP contribution in [0.4, 0.5) is 0 Å². The number of hydrogen-bond donors (Lipinski definition) is 0. The Balaban J connectivity index is 1.39. The fraction of sp³-hybridized carbons (Fsp3) is 0.421. The maximum absolute atomic E-state index is 12.6. The van der Waals surface area contributed by atoms with Gasteiger partial charge >= 0.3 is 17.9 Å². The third kappa shape index (κ3) is 4.04. The second-order valence-corrected chi connectivity index (χ2v) is 7.51. The lowest BCUT2D eigenvalue weighted by molar-refractivity contribution is -0.131. The van der Waals surface area contributed by atoms with Crippen LogP contribution in [0, 0.1) is 6.92 Å². The van der Waals surface area contributed by atoms with Crippen LogP contribution in [0.1, 0.15) is 32.6 Å². The molecule has 0 amide bonds. The minimum absolute atomic E-state index is 0.0893. The van der Waals surface area contributed by atoms with Crippen LogP contribution >= 0.6 is 11.5 Å². The van der Waals surface area contributed by atoms with E-state index in [0.29, 0.717) is 10.6 Å². The Morgan fingerprint density at radius 2 is 1.67 bits per heavy atom. The van der Waals surface area contributed by atoms with E-state index in [1.54, 1.807) is 19.1 Å². The SMILES string of the molecule is CC(=O)Oc1ccccc1C(=O)O[C@H]1CO[C@H]2[C@@H]1OC[C@H]2OC(=O)c1snnc1C. The molecule has 2 aliphatic heterocycles. The number of carbonyl (C=O) groups is 3. The van der Waals surface area contributed by atoms with Crippen LogP contribution in [0.5, 0.6) is 5.75 Å². The molecule has 0 radical (unpaired) electrons. The minimum atomic E-state index is -0.691. The van der Waals surface area contributed by atoms with E-state index < -0.39 is 42.3 Å². The van der Waals surface area contributed by atoms with Crippen molar-refractivity contribution >= 4 is 29.4 Å². The molecule has 2 fully saturated rings. The number of ether oxygens (including phenoxy) is 5. The Kier molecular flexibility index (Phi) is 5.75. The van der Waals surface area contributed by atoms with Crippen LogP contribution in [0.15, 0.2) is 24.3 Å². The van der Waals surface area contributed by atoms with Crippen LogP contribution in [-0.2, 0) is 23.7 Å². The number of hydrogen-bond acceptors (Lipinski definition) is 11. The summed E-state index contributed by atoms with van der Waals surface area (Å²) in [5, 5.41) is 3.79. The van der Waals surface area contributed by atoms with Gasteiger partial charge in [-0.25, -0.2) is 9.59 Å². The average Bonchev–Trinajstić information content (AvgIpc) is 3.40. The van der Waals surface area contributed by atoms with Crippen molar-refractivity contribution in [2.45, 2.75) is 38.3 Å². The van der Waals surface area contributed by atoms with Gasteiger partial charge in [0.1, 0.15) is 23.5 Å². The first kappa shape index (κ1) is 20.4. The van der Waals surface area contributed by atoms with Crippen LogP contribution in [0.25, 0.3) is 0 Å². The lowest BCUT2D eigenvalue weighted by Crippen LogP contribution is -2.36. The van der Waals surface area contributed by atoms with E-state index in [1.165, 1.54) is 19.1 Å². The van der Waals surface area contributed by atoms with Gasteiger partial charge in [-0.05, 0) is 30.6 Å². The van der Waals surface area contributed by atoms with Gasteiger partial charge in [0.15, 0.2) is 17.1 Å². The van der Waals surface area contributed by atoms with E-state index in [0.717, 1.165) is 11.5 Å². The summed E-state index contributed by atoms with van der Waals surface area (Å²) >= 11 is 0.956. The molecule has 2 aromatic rings. The monoisotopic (exact) mass is 434 g/mol. The fourth-order valence-corrected chi connectivity index (χ4v) is 3.86. The van der Waals surface area contributed by atoms with Crippen molar-refractivity contribution in [1.82, 2.24) is 9.59 Å². The fourth-order valence-electron chi connectivity index (χ4n) is 3.32. The van der Waals surface area contributed by atoms with Crippen molar-refractivity contribution < 1.29 is 38.1 Å². The summed E-state index contributed by atoms with van der Waals surface area (Å²) in [4.78, 5) is 36.5. The van der Waals surface area contributed by atoms with Gasteiger partial charge in [-0.3, -0.25) is 4.79 Å². The number of aryl methyl sites for hydroxylation is 1. The Labute approximate surface area is 175 Å². The summed E-state index contributed by atoms with van der Waals surface area (Å²) in [6, 6.07) is 6.28. The molecule has 1 aromatic heterocycles. The molecule has 4 rings (SSSR count). The Bertz CT molecular complexity index is 977. The predicted molar refractivity (Wildman–Crippen MR) is 100 cm³/mol. The van der Waals surface area contributed by atoms with E-state index in [2.05, 4.69) is 9.59 Å². The molecule has 3 heterocycles. The molecule has 0 unspecified atom stereocenters. The zero-order chi connectivity index (χ0) is 21.3. The number of rotatable bonds is 5. The summed E-state index contributed by atoms with van der Waals surface area (Å²) < 4.78 is 31.2. The normalized spacial score (nSPS) is 24.9. The second-order valence-electron chi connectivity index (χ2n) is 6.76. The number of nitrogens with zero attached hydrogens (tertiary/aromatic N) is 2. The molecule has 2 saturated heterocycles. The molecule has 0 aliphatic carbocycles. The van der Waals surface area contributed by atoms with Crippen molar-refractivity contribution in [3.05, 3.63) is 40.4 Å². The third-order valence-corrected chi connectivity index (χ3v) is 5.48. The molecule has 0 spiro atoms. The molecule has 2 aliphatic rings. The standard InChI is InChI=1S/C19H18N2O8S/c1-9-17(30-21-20-9)19(24)29-14-8-26-15-13(7-25-16(14)15)28-18(23)11-5-3-4-6-12(11)27-10(2)22/h3-6,13-16H,7-8H2,1-2H3/t13-,14+,15+,16+/m0/s1. The summed E-state index contributed by atoms with van der Waals surface area (Å²) in [5.74, 6) is -1.65. The van der Waals surface area contributed by atoms with Gasteiger partial charge < -0.3 is 23.7 Å². The highest BCUT2D eigenvalue weighted by Gasteiger charge is 2.51. The van der Waals surface area contributed by atoms with Gasteiger partial charge in [-0.1, -0.05) is 16.6 Å². The third-order valence-electron chi connectivity index (χ3n) is 4.68. The highest BCUT2D eigenvalue weighted by atomic mass is 32.1. The Morgan fingerprint density at radius 3 is 2.27 bits per heavy atom. The van der Waals surface area contributed by atoms with Crippen molar-refractivity contribution in [3.63, 3.8) is 0 Å². The topological polar surface area (TPSA) is 123 Å². The smallest absolute Gasteiger partial charge is 0.352 e. The molecule has 158 valence electrons. The lowest BCUT2D eigenvalue weighted by atomic mass is 10.1. The second kappa shape index (κ2) is 8.46. The van der Waals surface area contributed by atoms with Gasteiger partial charge in [0.2, 0.25) is 0 Å². The largest absolute Gasteiger partial charge is 0.453 e. The summed E-state index contributed by atoms with van der Waals surface area (Å²) in [6.45, 7) is 3.12. The predicted octanol–water partition coefficient (Wildman–Crippen LogP) is 1.32. The van der Waals surface area contributed by atoms with Crippen LogP contribution in [0.2, 0.25) is 0 Å². The first-order valence-electron chi connectivity index (χ1n) is 9.15. The number of fused-ring (bicyclic) bond motifs is 1. The van der Waals surface area contributed by atoms with Gasteiger partial charge in [-0.2, -0.15) is 0 Å².